The minimum absolute atomic E-state index is 0.0206. The van der Waals surface area contributed by atoms with Gasteiger partial charge in [0.05, 0.1) is 17.2 Å². The van der Waals surface area contributed by atoms with Gasteiger partial charge in [-0.2, -0.15) is 0 Å². The summed E-state index contributed by atoms with van der Waals surface area (Å²) in [5.74, 6) is 0.259. The normalized spacial score (nSPS) is 15.2. The topological polar surface area (TPSA) is 55.3 Å². The van der Waals surface area contributed by atoms with Crippen LogP contribution in [-0.4, -0.2) is 40.0 Å². The monoisotopic (exact) mass is 351 g/mol. The van der Waals surface area contributed by atoms with E-state index in [1.54, 1.807) is 17.0 Å². The highest BCUT2D eigenvalue weighted by Crippen LogP contribution is 2.20. The number of carbonyl (C=O) groups excluding carboxylic acids is 1. The first kappa shape index (κ1) is 16.4. The van der Waals surface area contributed by atoms with E-state index in [4.69, 9.17) is 4.74 Å². The van der Waals surface area contributed by atoms with Gasteiger partial charge in [-0.25, -0.2) is 9.37 Å². The molecule has 0 bridgehead atoms. The summed E-state index contributed by atoms with van der Waals surface area (Å²) in [5.41, 5.74) is 1.85. The third-order valence-electron chi connectivity index (χ3n) is 4.51. The summed E-state index contributed by atoms with van der Waals surface area (Å²) in [6.45, 7) is 1.19. The van der Waals surface area contributed by atoms with Crippen LogP contribution in [0, 0.1) is 5.82 Å². The van der Waals surface area contributed by atoms with Crippen molar-refractivity contribution in [3.63, 3.8) is 0 Å². The molecule has 1 aromatic heterocycles. The number of aromatic nitrogens is 2. The number of benzene rings is 2. The Bertz CT molecular complexity index is 922. The third-order valence-corrected chi connectivity index (χ3v) is 4.51. The molecule has 0 N–H and O–H groups in total. The molecule has 0 atom stereocenters. The maximum Gasteiger partial charge on any atom is 0.274 e. The number of hydrogen-bond donors (Lipinski definition) is 0. The van der Waals surface area contributed by atoms with Crippen LogP contribution in [-0.2, 0) is 0 Å². The first-order valence-electron chi connectivity index (χ1n) is 8.62. The molecule has 0 aliphatic carbocycles. The maximum atomic E-state index is 13.0. The Balaban J connectivity index is 1.38. The first-order chi connectivity index (χ1) is 12.7. The van der Waals surface area contributed by atoms with Crippen LogP contribution in [0.5, 0.6) is 5.75 Å². The molecule has 1 amide bonds. The number of amides is 1. The number of hydrogen-bond acceptors (Lipinski definition) is 4. The molecule has 0 saturated carbocycles. The van der Waals surface area contributed by atoms with Gasteiger partial charge in [0.25, 0.3) is 5.91 Å². The van der Waals surface area contributed by atoms with Crippen LogP contribution in [0.2, 0.25) is 0 Å². The van der Waals surface area contributed by atoms with Gasteiger partial charge >= 0.3 is 0 Å². The Kier molecular flexibility index (Phi) is 4.48. The summed E-state index contributed by atoms with van der Waals surface area (Å²) in [6.07, 6.45) is 3.01. The zero-order valence-corrected chi connectivity index (χ0v) is 14.1. The molecule has 26 heavy (non-hydrogen) atoms. The summed E-state index contributed by atoms with van der Waals surface area (Å²) >= 11 is 0. The van der Waals surface area contributed by atoms with Crippen molar-refractivity contribution in [2.24, 2.45) is 0 Å². The number of para-hydroxylation sites is 2. The first-order valence-corrected chi connectivity index (χ1v) is 8.62. The zero-order valence-electron chi connectivity index (χ0n) is 14.1. The van der Waals surface area contributed by atoms with Crippen LogP contribution >= 0.6 is 0 Å². The fourth-order valence-electron chi connectivity index (χ4n) is 3.10. The molecule has 0 spiro atoms. The molecule has 0 unspecified atom stereocenters. The molecular weight excluding hydrogens is 333 g/mol. The van der Waals surface area contributed by atoms with E-state index in [0.717, 1.165) is 18.4 Å². The van der Waals surface area contributed by atoms with Crippen molar-refractivity contribution < 1.29 is 13.9 Å². The predicted octanol–water partition coefficient (Wildman–Crippen LogP) is 3.45. The highest BCUT2D eigenvalue weighted by atomic mass is 19.1. The second kappa shape index (κ2) is 7.07. The van der Waals surface area contributed by atoms with Crippen molar-refractivity contribution in [1.82, 2.24) is 14.9 Å². The SMILES string of the molecule is O=C(c1cnc2ccccc2n1)N1CCC(Oc2ccc(F)cc2)CC1. The number of piperidine rings is 1. The smallest absolute Gasteiger partial charge is 0.274 e. The third kappa shape index (κ3) is 3.49. The molecule has 1 aliphatic heterocycles. The number of halogens is 1. The Morgan fingerprint density at radius 2 is 1.73 bits per heavy atom. The molecule has 4 rings (SSSR count). The highest BCUT2D eigenvalue weighted by molar-refractivity contribution is 5.93. The Labute approximate surface area is 150 Å². The fourth-order valence-corrected chi connectivity index (χ4v) is 3.10. The van der Waals surface area contributed by atoms with E-state index in [2.05, 4.69) is 9.97 Å². The molecule has 1 fully saturated rings. The average Bonchev–Trinajstić information content (AvgIpc) is 2.69. The van der Waals surface area contributed by atoms with Crippen molar-refractivity contribution in [2.75, 3.05) is 13.1 Å². The lowest BCUT2D eigenvalue weighted by molar-refractivity contribution is 0.0590. The molecule has 6 heteroatoms. The van der Waals surface area contributed by atoms with Crippen LogP contribution in [0.4, 0.5) is 4.39 Å². The summed E-state index contributed by atoms with van der Waals surface area (Å²) in [4.78, 5) is 23.2. The lowest BCUT2D eigenvalue weighted by Gasteiger charge is -2.32. The van der Waals surface area contributed by atoms with Crippen molar-refractivity contribution in [1.29, 1.82) is 0 Å². The largest absolute Gasteiger partial charge is 0.490 e. The fraction of sp³-hybridized carbons (Fsp3) is 0.250. The van der Waals surface area contributed by atoms with Gasteiger partial charge in [-0.05, 0) is 36.4 Å². The van der Waals surface area contributed by atoms with E-state index in [-0.39, 0.29) is 17.8 Å². The van der Waals surface area contributed by atoms with Crippen molar-refractivity contribution in [3.8, 4) is 5.75 Å². The minimum atomic E-state index is -0.283. The molecule has 5 nitrogen and oxygen atoms in total. The van der Waals surface area contributed by atoms with Gasteiger partial charge in [0, 0.05) is 25.9 Å². The van der Waals surface area contributed by atoms with Crippen LogP contribution in [0.3, 0.4) is 0 Å². The number of nitrogens with zero attached hydrogens (tertiary/aromatic N) is 3. The van der Waals surface area contributed by atoms with E-state index in [1.807, 2.05) is 24.3 Å². The van der Waals surface area contributed by atoms with Crippen LogP contribution in [0.25, 0.3) is 11.0 Å². The van der Waals surface area contributed by atoms with Crippen LogP contribution in [0.15, 0.2) is 54.7 Å². The van der Waals surface area contributed by atoms with Gasteiger partial charge in [0.1, 0.15) is 23.4 Å². The van der Waals surface area contributed by atoms with Gasteiger partial charge in [0.15, 0.2) is 0 Å². The van der Waals surface area contributed by atoms with E-state index < -0.39 is 0 Å². The zero-order chi connectivity index (χ0) is 17.9. The number of fused-ring (bicyclic) bond motifs is 1. The molecule has 1 saturated heterocycles. The maximum absolute atomic E-state index is 13.0. The predicted molar refractivity (Wildman–Crippen MR) is 95.5 cm³/mol. The molecule has 132 valence electrons. The van der Waals surface area contributed by atoms with Gasteiger partial charge in [-0.3, -0.25) is 9.78 Å². The number of carbonyl (C=O) groups is 1. The van der Waals surface area contributed by atoms with Crippen LogP contribution in [0.1, 0.15) is 23.3 Å². The van der Waals surface area contributed by atoms with Gasteiger partial charge < -0.3 is 9.64 Å². The molecular formula is C20H18FN3O2. The van der Waals surface area contributed by atoms with E-state index in [0.29, 0.717) is 30.0 Å². The van der Waals surface area contributed by atoms with E-state index >= 15 is 0 Å². The Morgan fingerprint density at radius 3 is 2.46 bits per heavy atom. The second-order valence-corrected chi connectivity index (χ2v) is 6.31. The summed E-state index contributed by atoms with van der Waals surface area (Å²) < 4.78 is 18.8. The van der Waals surface area contributed by atoms with Gasteiger partial charge in [0.2, 0.25) is 0 Å². The van der Waals surface area contributed by atoms with Gasteiger partial charge in [-0.1, -0.05) is 12.1 Å². The number of ether oxygens (including phenoxy) is 1. The second-order valence-electron chi connectivity index (χ2n) is 6.31. The van der Waals surface area contributed by atoms with Crippen molar-refractivity contribution in [3.05, 3.63) is 66.2 Å². The quantitative estimate of drug-likeness (QED) is 0.725. The summed E-state index contributed by atoms with van der Waals surface area (Å²) in [6, 6.07) is 13.5. The Morgan fingerprint density at radius 1 is 1.04 bits per heavy atom. The average molecular weight is 351 g/mol. The lowest BCUT2D eigenvalue weighted by atomic mass is 10.1. The standard InChI is InChI=1S/C20H18FN3O2/c21-14-5-7-15(8-6-14)26-16-9-11-24(12-10-16)20(25)19-13-22-17-3-1-2-4-18(17)23-19/h1-8,13,16H,9-12H2. The number of rotatable bonds is 3. The molecule has 0 radical (unpaired) electrons. The van der Waals surface area contributed by atoms with Crippen molar-refractivity contribution >= 4 is 16.9 Å². The van der Waals surface area contributed by atoms with Crippen LogP contribution < -0.4 is 4.74 Å². The highest BCUT2D eigenvalue weighted by Gasteiger charge is 2.25. The number of likely N-dealkylation sites (tertiary alicyclic amines) is 1. The molecule has 2 heterocycles. The Hall–Kier alpha value is -3.02. The summed E-state index contributed by atoms with van der Waals surface area (Å²) in [7, 11) is 0. The summed E-state index contributed by atoms with van der Waals surface area (Å²) in [5, 5.41) is 0. The lowest BCUT2D eigenvalue weighted by Crippen LogP contribution is -2.42. The van der Waals surface area contributed by atoms with E-state index in [9.17, 15) is 9.18 Å². The molecule has 3 aromatic rings. The minimum Gasteiger partial charge on any atom is -0.490 e. The van der Waals surface area contributed by atoms with Crippen molar-refractivity contribution in [2.45, 2.75) is 18.9 Å². The molecule has 2 aromatic carbocycles. The van der Waals surface area contributed by atoms with E-state index in [1.165, 1.54) is 18.3 Å². The molecule has 1 aliphatic rings. The van der Waals surface area contributed by atoms with Gasteiger partial charge in [-0.15, -0.1) is 0 Å².